The number of alkyl halides is 2. The lowest BCUT2D eigenvalue weighted by Crippen LogP contribution is -2.37. The van der Waals surface area contributed by atoms with Gasteiger partial charge in [0, 0.05) is 13.2 Å². The van der Waals surface area contributed by atoms with Gasteiger partial charge in [0.1, 0.15) is 13.2 Å². The highest BCUT2D eigenvalue weighted by atomic mass is 19.3. The van der Waals surface area contributed by atoms with E-state index < -0.39 is 19.1 Å². The Bertz CT molecular complexity index is 194. The molecular weight excluding hydrogens is 218 g/mol. The van der Waals surface area contributed by atoms with Crippen LogP contribution in [-0.2, 0) is 9.47 Å². The predicted molar refractivity (Wildman–Crippen MR) is 55.6 cm³/mol. The summed E-state index contributed by atoms with van der Waals surface area (Å²) in [5, 5.41) is 8.44. The van der Waals surface area contributed by atoms with Crippen LogP contribution in [0.15, 0.2) is 0 Å². The number of ether oxygens (including phenoxy) is 2. The van der Waals surface area contributed by atoms with E-state index >= 15 is 0 Å². The lowest BCUT2D eigenvalue weighted by Gasteiger charge is -2.33. The van der Waals surface area contributed by atoms with Crippen LogP contribution in [0, 0.1) is 5.92 Å². The van der Waals surface area contributed by atoms with E-state index in [2.05, 4.69) is 6.92 Å². The highest BCUT2D eigenvalue weighted by Crippen LogP contribution is 2.30. The first-order chi connectivity index (χ1) is 7.53. The van der Waals surface area contributed by atoms with Crippen molar-refractivity contribution >= 4 is 0 Å². The van der Waals surface area contributed by atoms with E-state index in [1.54, 1.807) is 0 Å². The molecular formula is C11H20F2O3. The Hall–Kier alpha value is -0.260. The van der Waals surface area contributed by atoms with Crippen molar-refractivity contribution in [3.8, 4) is 0 Å². The van der Waals surface area contributed by atoms with Crippen LogP contribution in [0.5, 0.6) is 0 Å². The van der Waals surface area contributed by atoms with Crippen LogP contribution in [0.25, 0.3) is 0 Å². The van der Waals surface area contributed by atoms with Gasteiger partial charge in [0.25, 0.3) is 5.92 Å². The van der Waals surface area contributed by atoms with Crippen molar-refractivity contribution in [3.05, 3.63) is 0 Å². The second kappa shape index (κ2) is 6.47. The summed E-state index contributed by atoms with van der Waals surface area (Å²) in [4.78, 5) is 0. The molecule has 1 N–H and O–H groups in total. The van der Waals surface area contributed by atoms with Crippen LogP contribution >= 0.6 is 0 Å². The lowest BCUT2D eigenvalue weighted by molar-refractivity contribution is -0.153. The summed E-state index contributed by atoms with van der Waals surface area (Å²) >= 11 is 0. The quantitative estimate of drug-likeness (QED) is 0.656. The van der Waals surface area contributed by atoms with Crippen LogP contribution in [0.2, 0.25) is 0 Å². The normalized spacial score (nSPS) is 25.5. The van der Waals surface area contributed by atoms with E-state index in [9.17, 15) is 8.78 Å². The van der Waals surface area contributed by atoms with Crippen LogP contribution < -0.4 is 0 Å². The standard InChI is InChI=1S/C11H20F2O3/c1-9-5-10(6-9)16-8-11(12,13)7-15-4-2-3-14/h9-10,14H,2-8H2,1H3. The maximum atomic E-state index is 13.2. The van der Waals surface area contributed by atoms with Gasteiger partial charge in [0.05, 0.1) is 6.10 Å². The molecule has 0 aromatic heterocycles. The van der Waals surface area contributed by atoms with E-state index in [-0.39, 0.29) is 19.3 Å². The van der Waals surface area contributed by atoms with E-state index in [0.717, 1.165) is 12.8 Å². The molecule has 0 aromatic carbocycles. The summed E-state index contributed by atoms with van der Waals surface area (Å²) in [7, 11) is 0. The second-order valence-electron chi connectivity index (χ2n) is 4.50. The maximum Gasteiger partial charge on any atom is 0.293 e. The third-order valence-electron chi connectivity index (χ3n) is 2.62. The minimum absolute atomic E-state index is 0.00156. The lowest BCUT2D eigenvalue weighted by atomic mass is 9.84. The monoisotopic (exact) mass is 238 g/mol. The molecule has 16 heavy (non-hydrogen) atoms. The molecule has 0 bridgehead atoms. The van der Waals surface area contributed by atoms with Gasteiger partial charge in [0.2, 0.25) is 0 Å². The zero-order valence-corrected chi connectivity index (χ0v) is 9.62. The topological polar surface area (TPSA) is 38.7 Å². The van der Waals surface area contributed by atoms with Gasteiger partial charge >= 0.3 is 0 Å². The summed E-state index contributed by atoms with van der Waals surface area (Å²) in [6, 6.07) is 0. The highest BCUT2D eigenvalue weighted by Gasteiger charge is 2.34. The van der Waals surface area contributed by atoms with Crippen molar-refractivity contribution in [1.82, 2.24) is 0 Å². The molecule has 1 rings (SSSR count). The van der Waals surface area contributed by atoms with Crippen molar-refractivity contribution in [1.29, 1.82) is 0 Å². The molecule has 0 aliphatic heterocycles. The second-order valence-corrected chi connectivity index (χ2v) is 4.50. The molecule has 1 aliphatic carbocycles. The van der Waals surface area contributed by atoms with Crippen molar-refractivity contribution in [2.45, 2.75) is 38.2 Å². The number of hydrogen-bond donors (Lipinski definition) is 1. The first kappa shape index (κ1) is 13.8. The molecule has 5 heteroatoms. The zero-order valence-electron chi connectivity index (χ0n) is 9.62. The fourth-order valence-corrected chi connectivity index (χ4v) is 1.63. The smallest absolute Gasteiger partial charge is 0.293 e. The fourth-order valence-electron chi connectivity index (χ4n) is 1.63. The molecule has 0 atom stereocenters. The SMILES string of the molecule is CC1CC(OCC(F)(F)COCCCO)C1. The molecule has 0 heterocycles. The van der Waals surface area contributed by atoms with Gasteiger partial charge in [-0.3, -0.25) is 0 Å². The molecule has 1 saturated carbocycles. The van der Waals surface area contributed by atoms with Gasteiger partial charge in [-0.25, -0.2) is 8.78 Å². The number of hydrogen-bond acceptors (Lipinski definition) is 3. The largest absolute Gasteiger partial charge is 0.396 e. The van der Waals surface area contributed by atoms with Crippen molar-refractivity contribution in [3.63, 3.8) is 0 Å². The Balaban J connectivity index is 2.03. The maximum absolute atomic E-state index is 13.2. The summed E-state index contributed by atoms with van der Waals surface area (Å²) in [6.07, 6.45) is 2.14. The van der Waals surface area contributed by atoms with E-state index in [4.69, 9.17) is 14.6 Å². The van der Waals surface area contributed by atoms with Crippen LogP contribution in [0.3, 0.4) is 0 Å². The minimum Gasteiger partial charge on any atom is -0.396 e. The molecule has 0 aromatic rings. The Morgan fingerprint density at radius 2 is 2.00 bits per heavy atom. The van der Waals surface area contributed by atoms with Crippen molar-refractivity contribution in [2.75, 3.05) is 26.4 Å². The summed E-state index contributed by atoms with van der Waals surface area (Å²) in [5.41, 5.74) is 0. The van der Waals surface area contributed by atoms with Crippen LogP contribution in [-0.4, -0.2) is 43.6 Å². The molecule has 3 nitrogen and oxygen atoms in total. The molecule has 0 unspecified atom stereocenters. The molecule has 96 valence electrons. The molecule has 1 fully saturated rings. The van der Waals surface area contributed by atoms with Crippen molar-refractivity contribution in [2.24, 2.45) is 5.92 Å². The summed E-state index contributed by atoms with van der Waals surface area (Å²) in [5.74, 6) is -2.33. The van der Waals surface area contributed by atoms with Gasteiger partial charge < -0.3 is 14.6 Å². The van der Waals surface area contributed by atoms with Gasteiger partial charge in [-0.1, -0.05) is 6.92 Å². The number of aliphatic hydroxyl groups is 1. The van der Waals surface area contributed by atoms with Gasteiger partial charge in [-0.2, -0.15) is 0 Å². The van der Waals surface area contributed by atoms with E-state index in [1.165, 1.54) is 0 Å². The average molecular weight is 238 g/mol. The van der Waals surface area contributed by atoms with Gasteiger partial charge in [-0.15, -0.1) is 0 Å². The molecule has 0 radical (unpaired) electrons. The average Bonchev–Trinajstić information content (AvgIpc) is 2.18. The fraction of sp³-hybridized carbons (Fsp3) is 1.00. The zero-order chi connectivity index (χ0) is 12.0. The molecule has 0 spiro atoms. The third-order valence-corrected chi connectivity index (χ3v) is 2.62. The highest BCUT2D eigenvalue weighted by molar-refractivity contribution is 4.78. The number of rotatable bonds is 8. The minimum atomic E-state index is -2.92. The number of aliphatic hydroxyl groups excluding tert-OH is 1. The van der Waals surface area contributed by atoms with Crippen LogP contribution in [0.4, 0.5) is 8.78 Å². The Morgan fingerprint density at radius 1 is 1.31 bits per heavy atom. The van der Waals surface area contributed by atoms with Gasteiger partial charge in [0.15, 0.2) is 0 Å². The Morgan fingerprint density at radius 3 is 2.56 bits per heavy atom. The third kappa shape index (κ3) is 5.18. The summed E-state index contributed by atoms with van der Waals surface area (Å²) < 4.78 is 36.2. The number of halogens is 2. The first-order valence-corrected chi connectivity index (χ1v) is 5.71. The van der Waals surface area contributed by atoms with Crippen molar-refractivity contribution < 1.29 is 23.4 Å². The van der Waals surface area contributed by atoms with E-state index in [0.29, 0.717) is 12.3 Å². The van der Waals surface area contributed by atoms with Gasteiger partial charge in [-0.05, 0) is 25.2 Å². The Labute approximate surface area is 94.7 Å². The molecule has 0 amide bonds. The van der Waals surface area contributed by atoms with E-state index in [1.807, 2.05) is 0 Å². The summed E-state index contributed by atoms with van der Waals surface area (Å²) in [6.45, 7) is 1.00. The van der Waals surface area contributed by atoms with Crippen LogP contribution in [0.1, 0.15) is 26.2 Å². The first-order valence-electron chi connectivity index (χ1n) is 5.71. The predicted octanol–water partition coefficient (Wildman–Crippen LogP) is 1.84. The molecule has 0 saturated heterocycles. The Kier molecular flexibility index (Phi) is 5.58. The molecule has 1 aliphatic rings.